The molecule has 0 saturated carbocycles. The van der Waals surface area contributed by atoms with Crippen molar-refractivity contribution < 1.29 is 33.4 Å². The smallest absolute Gasteiger partial charge is 0.337 e. The summed E-state index contributed by atoms with van der Waals surface area (Å²) in [4.78, 5) is 61.1. The number of nitrogens with zero attached hydrogens (tertiary/aromatic N) is 1. The number of fused-ring (bicyclic) bond motifs is 1. The molecule has 31 heavy (non-hydrogen) atoms. The number of hydrogen-bond donors (Lipinski definition) is 2. The molecule has 4 atom stereocenters. The second-order valence-corrected chi connectivity index (χ2v) is 9.57. The van der Waals surface area contributed by atoms with E-state index in [-0.39, 0.29) is 0 Å². The average Bonchev–Trinajstić information content (AvgIpc) is 2.93. The first-order valence-corrected chi connectivity index (χ1v) is 10.4. The fourth-order valence-electron chi connectivity index (χ4n) is 3.63. The van der Waals surface area contributed by atoms with E-state index in [1.807, 2.05) is 0 Å². The normalized spacial score (nSPS) is 24.5. The molecule has 2 aliphatic heterocycles. The summed E-state index contributed by atoms with van der Waals surface area (Å²) >= 11 is 1.34. The number of nitrogens with one attached hydrogen (secondary N) is 1. The number of carbonyl (C=O) groups excluding carboxylic acids is 5. The monoisotopic (exact) mass is 449 g/mol. The van der Waals surface area contributed by atoms with Crippen LogP contribution in [0.4, 0.5) is 0 Å². The van der Waals surface area contributed by atoms with Gasteiger partial charge in [0.05, 0.1) is 0 Å². The fraction of sp³-hybridized carbons (Fsp3) is 0.450. The molecule has 0 aliphatic carbocycles. The fourth-order valence-corrected chi connectivity index (χ4v) is 5.25. The van der Waals surface area contributed by atoms with Crippen LogP contribution in [0.2, 0.25) is 0 Å². The molecular formula is C20H23N3O7S. The van der Waals surface area contributed by atoms with Crippen LogP contribution in [-0.4, -0.2) is 56.8 Å². The highest BCUT2D eigenvalue weighted by molar-refractivity contribution is 8.01. The van der Waals surface area contributed by atoms with Crippen LogP contribution in [0.25, 0.3) is 0 Å². The highest BCUT2D eigenvalue weighted by Crippen LogP contribution is 2.51. The second-order valence-electron chi connectivity index (χ2n) is 7.80. The van der Waals surface area contributed by atoms with Crippen molar-refractivity contribution in [1.29, 1.82) is 0 Å². The molecule has 2 aliphatic rings. The SMILES string of the molecule is CC(=O)OC(=O)[C@H]1N2C(=O)[C@H](NC(=O)[C@H](N)c3ccc(OC(C)=O)cc3)C2SC1(C)C. The van der Waals surface area contributed by atoms with Crippen molar-refractivity contribution in [2.75, 3.05) is 0 Å². The van der Waals surface area contributed by atoms with Gasteiger partial charge in [0.25, 0.3) is 0 Å². The Hall–Kier alpha value is -2.92. The Morgan fingerprint density at radius 1 is 1.13 bits per heavy atom. The van der Waals surface area contributed by atoms with Gasteiger partial charge in [0.2, 0.25) is 11.8 Å². The van der Waals surface area contributed by atoms with E-state index in [1.54, 1.807) is 26.0 Å². The highest BCUT2D eigenvalue weighted by Gasteiger charge is 2.64. The van der Waals surface area contributed by atoms with Crippen LogP contribution in [0.5, 0.6) is 5.75 Å². The van der Waals surface area contributed by atoms with Crippen LogP contribution in [0.1, 0.15) is 39.3 Å². The molecule has 0 bridgehead atoms. The molecule has 1 aromatic carbocycles. The molecule has 0 aromatic heterocycles. The Bertz CT molecular complexity index is 947. The van der Waals surface area contributed by atoms with Crippen molar-refractivity contribution in [2.45, 2.75) is 55.9 Å². The van der Waals surface area contributed by atoms with Gasteiger partial charge in [-0.1, -0.05) is 12.1 Å². The Kier molecular flexibility index (Phi) is 6.10. The number of hydrogen-bond acceptors (Lipinski definition) is 9. The van der Waals surface area contributed by atoms with Crippen LogP contribution in [0.15, 0.2) is 24.3 Å². The molecule has 0 spiro atoms. The Morgan fingerprint density at radius 3 is 2.29 bits per heavy atom. The zero-order valence-electron chi connectivity index (χ0n) is 17.4. The molecule has 2 heterocycles. The molecule has 2 saturated heterocycles. The van der Waals surface area contributed by atoms with E-state index in [0.717, 1.165) is 6.92 Å². The highest BCUT2D eigenvalue weighted by atomic mass is 32.2. The number of ether oxygens (including phenoxy) is 2. The van der Waals surface area contributed by atoms with Gasteiger partial charge in [-0.25, -0.2) is 4.79 Å². The largest absolute Gasteiger partial charge is 0.427 e. The van der Waals surface area contributed by atoms with Gasteiger partial charge in [0, 0.05) is 18.6 Å². The topological polar surface area (TPSA) is 145 Å². The van der Waals surface area contributed by atoms with E-state index in [9.17, 15) is 24.0 Å². The lowest BCUT2D eigenvalue weighted by molar-refractivity contribution is -0.169. The summed E-state index contributed by atoms with van der Waals surface area (Å²) in [5.41, 5.74) is 6.49. The first kappa shape index (κ1) is 22.8. The van der Waals surface area contributed by atoms with Crippen molar-refractivity contribution in [1.82, 2.24) is 10.2 Å². The van der Waals surface area contributed by atoms with E-state index in [4.69, 9.17) is 15.2 Å². The summed E-state index contributed by atoms with van der Waals surface area (Å²) in [6.07, 6.45) is 0. The standard InChI is InChI=1S/C20H23N3O7S/c1-9(24)29-12-7-5-11(6-8-12)13(21)16(26)22-14-17(27)23-15(19(28)30-10(2)25)20(3,4)31-18(14)23/h5-8,13-15,18H,21H2,1-4H3,(H,22,26)/t13-,14+,15-,18?/m1/s1. The van der Waals surface area contributed by atoms with E-state index >= 15 is 0 Å². The third-order valence-corrected chi connectivity index (χ3v) is 6.56. The quantitative estimate of drug-likeness (QED) is 0.279. The van der Waals surface area contributed by atoms with Crippen molar-refractivity contribution in [3.05, 3.63) is 29.8 Å². The zero-order valence-corrected chi connectivity index (χ0v) is 18.2. The predicted octanol–water partition coefficient (Wildman–Crippen LogP) is 0.249. The lowest BCUT2D eigenvalue weighted by Gasteiger charge is -2.44. The molecule has 1 unspecified atom stereocenters. The van der Waals surface area contributed by atoms with E-state index < -0.39 is 58.0 Å². The maximum absolute atomic E-state index is 12.7. The molecule has 3 rings (SSSR count). The molecular weight excluding hydrogens is 426 g/mol. The molecule has 0 radical (unpaired) electrons. The van der Waals surface area contributed by atoms with Gasteiger partial charge in [0.15, 0.2) is 0 Å². The Balaban J connectivity index is 1.67. The Labute approximate surface area is 182 Å². The average molecular weight is 449 g/mol. The number of nitrogens with two attached hydrogens (primary N) is 1. The zero-order chi connectivity index (χ0) is 23.1. The number of thioether (sulfide) groups is 1. The summed E-state index contributed by atoms with van der Waals surface area (Å²) in [6.45, 7) is 5.93. The number of carbonyl (C=O) groups is 5. The van der Waals surface area contributed by atoms with Gasteiger partial charge in [-0.15, -0.1) is 11.8 Å². The Morgan fingerprint density at radius 2 is 1.74 bits per heavy atom. The minimum atomic E-state index is -1.05. The summed E-state index contributed by atoms with van der Waals surface area (Å²) < 4.78 is 8.93. The van der Waals surface area contributed by atoms with Crippen LogP contribution < -0.4 is 15.8 Å². The van der Waals surface area contributed by atoms with Gasteiger partial charge >= 0.3 is 17.9 Å². The minimum absolute atomic E-state index is 0.321. The third kappa shape index (κ3) is 4.42. The van der Waals surface area contributed by atoms with Gasteiger partial charge in [-0.2, -0.15) is 0 Å². The summed E-state index contributed by atoms with van der Waals surface area (Å²) in [5.74, 6) is -2.70. The number of benzene rings is 1. The second kappa shape index (κ2) is 8.31. The summed E-state index contributed by atoms with van der Waals surface area (Å²) in [5, 5.41) is 2.16. The molecule has 2 amide bonds. The van der Waals surface area contributed by atoms with Crippen molar-refractivity contribution in [2.24, 2.45) is 5.73 Å². The van der Waals surface area contributed by atoms with Crippen LogP contribution >= 0.6 is 11.8 Å². The maximum Gasteiger partial charge on any atom is 0.337 e. The van der Waals surface area contributed by atoms with Crippen LogP contribution in [0, 0.1) is 0 Å². The summed E-state index contributed by atoms with van der Waals surface area (Å²) in [6, 6.07) is 3.30. The van der Waals surface area contributed by atoms with E-state index in [1.165, 1.54) is 35.7 Å². The first-order valence-electron chi connectivity index (χ1n) is 9.49. The molecule has 2 fully saturated rings. The maximum atomic E-state index is 12.7. The number of β-lactam (4-membered cyclic amide) rings is 1. The lowest BCUT2D eigenvalue weighted by Crippen LogP contribution is -2.71. The molecule has 11 heteroatoms. The van der Waals surface area contributed by atoms with Crippen molar-refractivity contribution in [3.8, 4) is 5.75 Å². The van der Waals surface area contributed by atoms with Gasteiger partial charge < -0.3 is 25.4 Å². The van der Waals surface area contributed by atoms with Crippen molar-refractivity contribution >= 4 is 41.5 Å². The van der Waals surface area contributed by atoms with Crippen LogP contribution in [0.3, 0.4) is 0 Å². The van der Waals surface area contributed by atoms with Crippen molar-refractivity contribution in [3.63, 3.8) is 0 Å². The van der Waals surface area contributed by atoms with Gasteiger partial charge in [0.1, 0.15) is 29.2 Å². The van der Waals surface area contributed by atoms with Crippen LogP contribution in [-0.2, 0) is 28.7 Å². The number of rotatable bonds is 5. The van der Waals surface area contributed by atoms with Gasteiger partial charge in [-0.05, 0) is 31.5 Å². The molecule has 10 nitrogen and oxygen atoms in total. The minimum Gasteiger partial charge on any atom is -0.427 e. The third-order valence-electron chi connectivity index (χ3n) is 4.99. The predicted molar refractivity (Wildman–Crippen MR) is 109 cm³/mol. The molecule has 166 valence electrons. The van der Waals surface area contributed by atoms with Gasteiger partial charge in [-0.3, -0.25) is 19.2 Å². The summed E-state index contributed by atoms with van der Waals surface area (Å²) in [7, 11) is 0. The molecule has 1 aromatic rings. The first-order chi connectivity index (χ1) is 14.4. The number of esters is 3. The van der Waals surface area contributed by atoms with E-state index in [0.29, 0.717) is 11.3 Å². The molecule has 3 N–H and O–H groups in total. The number of amides is 2. The lowest BCUT2D eigenvalue weighted by atomic mass is 9.95. The van der Waals surface area contributed by atoms with E-state index in [2.05, 4.69) is 5.32 Å².